The predicted octanol–water partition coefficient (Wildman–Crippen LogP) is 9.07. The lowest BCUT2D eigenvalue weighted by atomic mass is 9.32. The van der Waals surface area contributed by atoms with Gasteiger partial charge in [0, 0.05) is 10.8 Å². The molecule has 0 aliphatic heterocycles. The van der Waals surface area contributed by atoms with E-state index in [4.69, 9.17) is 9.47 Å². The van der Waals surface area contributed by atoms with Crippen molar-refractivity contribution >= 4 is 11.9 Å². The van der Waals surface area contributed by atoms with Gasteiger partial charge in [-0.05, 0) is 145 Å². The van der Waals surface area contributed by atoms with Gasteiger partial charge in [0.15, 0.2) is 13.1 Å². The van der Waals surface area contributed by atoms with E-state index in [0.29, 0.717) is 70.3 Å². The molecule has 0 heterocycles. The topological polar surface area (TPSA) is 52.6 Å². The fourth-order valence-corrected chi connectivity index (χ4v) is 13.2. The van der Waals surface area contributed by atoms with Gasteiger partial charge in [-0.2, -0.15) is 0 Å². The first-order valence-corrected chi connectivity index (χ1v) is 20.5. The van der Waals surface area contributed by atoms with E-state index in [0.717, 1.165) is 25.7 Å². The van der Waals surface area contributed by atoms with E-state index >= 15 is 0 Å². The zero-order valence-electron chi connectivity index (χ0n) is 35.0. The Labute approximate surface area is 307 Å². The van der Waals surface area contributed by atoms with Gasteiger partial charge in [0.2, 0.25) is 0 Å². The van der Waals surface area contributed by atoms with Gasteiger partial charge in [0.05, 0.1) is 46.9 Å². The number of fused-ring (bicyclic) bond motifs is 7. The normalized spacial score (nSPS) is 41.1. The summed E-state index contributed by atoms with van der Waals surface area (Å²) in [5.74, 6) is 2.78. The third-order valence-corrected chi connectivity index (χ3v) is 17.8. The van der Waals surface area contributed by atoms with Crippen molar-refractivity contribution in [3.63, 3.8) is 0 Å². The summed E-state index contributed by atoms with van der Waals surface area (Å²) >= 11 is 0. The van der Waals surface area contributed by atoms with E-state index in [9.17, 15) is 9.59 Å². The van der Waals surface area contributed by atoms with Crippen LogP contribution in [0.5, 0.6) is 0 Å². The van der Waals surface area contributed by atoms with E-state index in [1.165, 1.54) is 44.1 Å². The van der Waals surface area contributed by atoms with E-state index in [1.54, 1.807) is 0 Å². The Morgan fingerprint density at radius 1 is 0.720 bits per heavy atom. The van der Waals surface area contributed by atoms with Crippen LogP contribution in [0.2, 0.25) is 0 Å². The molecule has 5 fully saturated rings. The molecule has 0 amide bonds. The molecule has 0 aromatic rings. The molecule has 5 aliphatic rings. The summed E-state index contributed by atoms with van der Waals surface area (Å²) in [4.78, 5) is 26.6. The second-order valence-corrected chi connectivity index (χ2v) is 21.6. The van der Waals surface area contributed by atoms with Gasteiger partial charge >= 0.3 is 11.9 Å². The number of allylic oxidation sites excluding steroid dienone is 1. The molecule has 6 nitrogen and oxygen atoms in total. The zero-order chi connectivity index (χ0) is 37.5. The maximum absolute atomic E-state index is 13.3. The summed E-state index contributed by atoms with van der Waals surface area (Å²) in [6.07, 6.45) is 11.8. The largest absolute Gasteiger partial charge is 0.461 e. The number of nitrogens with zero attached hydrogens (tertiary/aromatic N) is 2. The van der Waals surface area contributed by atoms with Crippen LogP contribution in [0.3, 0.4) is 0 Å². The van der Waals surface area contributed by atoms with Crippen LogP contribution < -0.4 is 0 Å². The van der Waals surface area contributed by atoms with Crippen molar-refractivity contribution in [1.82, 2.24) is 0 Å². The van der Waals surface area contributed by atoms with Gasteiger partial charge < -0.3 is 18.4 Å². The molecule has 0 spiro atoms. The van der Waals surface area contributed by atoms with E-state index in [1.807, 2.05) is 0 Å². The average Bonchev–Trinajstić information content (AvgIpc) is 3.38. The van der Waals surface area contributed by atoms with E-state index < -0.39 is 0 Å². The van der Waals surface area contributed by atoms with Gasteiger partial charge in [-0.25, -0.2) is 9.59 Å². The minimum absolute atomic E-state index is 0.0192. The van der Waals surface area contributed by atoms with Crippen molar-refractivity contribution in [2.45, 2.75) is 152 Å². The second kappa shape index (κ2) is 13.2. The molecule has 0 aromatic carbocycles. The molecule has 50 heavy (non-hydrogen) atoms. The first kappa shape index (κ1) is 39.8. The number of carbonyl (C=O) groups is 2. The van der Waals surface area contributed by atoms with Crippen molar-refractivity contribution in [3.05, 3.63) is 12.2 Å². The highest BCUT2D eigenvalue weighted by Crippen LogP contribution is 2.77. The molecule has 6 heteroatoms. The van der Waals surface area contributed by atoms with Gasteiger partial charge in [-0.15, -0.1) is 0 Å². The Kier molecular flexibility index (Phi) is 10.5. The van der Waals surface area contributed by atoms with Crippen LogP contribution in [0.15, 0.2) is 12.2 Å². The smallest absolute Gasteiger partial charge is 0.362 e. The molecule has 5 aliphatic carbocycles. The van der Waals surface area contributed by atoms with Crippen molar-refractivity contribution in [1.29, 1.82) is 0 Å². The maximum atomic E-state index is 13.3. The zero-order valence-corrected chi connectivity index (χ0v) is 35.0. The van der Waals surface area contributed by atoms with Crippen molar-refractivity contribution in [3.8, 4) is 0 Å². The summed E-state index contributed by atoms with van der Waals surface area (Å²) in [5.41, 5.74) is 2.07. The molecule has 0 unspecified atom stereocenters. The summed E-state index contributed by atoms with van der Waals surface area (Å²) < 4.78 is 14.0. The van der Waals surface area contributed by atoms with Gasteiger partial charge in [0.1, 0.15) is 6.10 Å². The summed E-state index contributed by atoms with van der Waals surface area (Å²) in [6.45, 7) is 29.8. The fraction of sp³-hybridized carbons (Fsp3) is 0.909. The predicted molar refractivity (Wildman–Crippen MR) is 204 cm³/mol. The third-order valence-electron chi connectivity index (χ3n) is 17.8. The lowest BCUT2D eigenvalue weighted by molar-refractivity contribution is -0.904. The van der Waals surface area contributed by atoms with Crippen molar-refractivity contribution in [2.24, 2.45) is 56.7 Å². The number of quaternary nitrogens is 2. The Hall–Kier alpha value is -1.40. The van der Waals surface area contributed by atoms with Crippen LogP contribution in [-0.2, 0) is 19.1 Å². The average molecular weight is 699 g/mol. The van der Waals surface area contributed by atoms with Crippen LogP contribution in [-0.4, -0.2) is 87.0 Å². The summed E-state index contributed by atoms with van der Waals surface area (Å²) in [5, 5.41) is 0. The number of carbonyl (C=O) groups excluding carboxylic acids is 2. The van der Waals surface area contributed by atoms with Crippen LogP contribution >= 0.6 is 0 Å². The molecule has 286 valence electrons. The lowest BCUT2D eigenvalue weighted by Crippen LogP contribution is -2.67. The molecule has 0 N–H and O–H groups in total. The quantitative estimate of drug-likeness (QED) is 0.130. The van der Waals surface area contributed by atoms with Crippen molar-refractivity contribution in [2.75, 3.05) is 47.9 Å². The number of hydrogen-bond acceptors (Lipinski definition) is 4. The molecule has 5 saturated carbocycles. The highest BCUT2D eigenvalue weighted by molar-refractivity contribution is 5.71. The third kappa shape index (κ3) is 6.34. The fourth-order valence-electron chi connectivity index (χ4n) is 13.2. The van der Waals surface area contributed by atoms with Gasteiger partial charge in [-0.3, -0.25) is 0 Å². The molecule has 0 aromatic heterocycles. The summed E-state index contributed by atoms with van der Waals surface area (Å²) in [6, 6.07) is 0.738. The van der Waals surface area contributed by atoms with E-state index in [2.05, 4.69) is 104 Å². The minimum atomic E-state index is -0.0539. The Balaban J connectivity index is 1.38. The number of likely N-dealkylation sites (N-methyl/N-ethyl adjacent to an activating group) is 2. The van der Waals surface area contributed by atoms with Crippen molar-refractivity contribution < 1.29 is 28.0 Å². The number of ether oxygens (including phenoxy) is 2. The molecule has 0 radical (unpaired) electrons. The second-order valence-electron chi connectivity index (χ2n) is 21.6. The Morgan fingerprint density at radius 2 is 1.32 bits per heavy atom. The summed E-state index contributed by atoms with van der Waals surface area (Å²) in [7, 11) is 8.53. The molecular weight excluding hydrogens is 620 g/mol. The molecule has 0 bridgehead atoms. The SMILES string of the molecule is C=C(C)[C@@H]1CC[C@]2(COC(=O)C[N+](C)(C)C(C)C)CC[C@]3(C)[C@H](CC[C@@H]4[C@@]5(C)CC[C@H](OC(=O)C[N+](C)(C)C(C)C)C(C)(C)[C@@H]5CC[C@]43C)[C@@H]12. The first-order valence-electron chi connectivity index (χ1n) is 20.5. The maximum Gasteiger partial charge on any atom is 0.362 e. The first-order chi connectivity index (χ1) is 22.9. The van der Waals surface area contributed by atoms with Gasteiger partial charge in [-0.1, -0.05) is 46.8 Å². The monoisotopic (exact) mass is 699 g/mol. The number of esters is 2. The number of hydrogen-bond donors (Lipinski definition) is 0. The van der Waals surface area contributed by atoms with Crippen LogP contribution in [0.1, 0.15) is 133 Å². The molecule has 5 rings (SSSR count). The highest BCUT2D eigenvalue weighted by Gasteiger charge is 2.71. The Bertz CT molecular complexity index is 1320. The van der Waals surface area contributed by atoms with Crippen LogP contribution in [0, 0.1) is 56.7 Å². The van der Waals surface area contributed by atoms with Crippen LogP contribution in [0.4, 0.5) is 0 Å². The van der Waals surface area contributed by atoms with Gasteiger partial charge in [0.25, 0.3) is 0 Å². The minimum Gasteiger partial charge on any atom is -0.461 e. The van der Waals surface area contributed by atoms with E-state index in [-0.39, 0.29) is 45.1 Å². The Morgan fingerprint density at radius 3 is 1.90 bits per heavy atom. The molecule has 0 saturated heterocycles. The molecule has 10 atom stereocenters. The van der Waals surface area contributed by atoms with Crippen LogP contribution in [0.25, 0.3) is 0 Å². The highest BCUT2D eigenvalue weighted by atomic mass is 16.5. The number of rotatable bonds is 10. The standard InChI is InChI=1S/C44H78N2O4/c1-29(2)32-18-23-44(28-49-37(47)26-45(12,13)30(3)4)25-24-42(10)33(39(32)44)16-17-35-41(9)21-20-36(50-38(48)27-46(14,15)31(5)6)40(7,8)34(41)19-22-43(35,42)11/h30-36,39H,1,16-28H2,2-15H3/q+2/t32-,33+,34-,35+,36-,39+,41-,42+,43+,44+/m0/s1. The molecular formula is C44H78N2O4+2. The lowest BCUT2D eigenvalue weighted by Gasteiger charge is -2.73.